The molecule has 0 aliphatic heterocycles. The van der Waals surface area contributed by atoms with E-state index in [4.69, 9.17) is 4.74 Å². The Bertz CT molecular complexity index is 299. The summed E-state index contributed by atoms with van der Waals surface area (Å²) in [4.78, 5) is 3.60. The van der Waals surface area contributed by atoms with E-state index in [-0.39, 0.29) is 0 Å². The van der Waals surface area contributed by atoms with E-state index in [1.54, 1.807) is 18.4 Å². The number of nitrogens with zero attached hydrogens (tertiary/aromatic N) is 1. The number of rotatable bonds is 7. The number of thiophene rings is 1. The molecule has 0 aliphatic rings. The lowest BCUT2D eigenvalue weighted by Gasteiger charge is -2.20. The fourth-order valence-electron chi connectivity index (χ4n) is 1.36. The molecular weight excluding hydrogens is 220 g/mol. The average Bonchev–Trinajstić information content (AvgIpc) is 2.71. The van der Waals surface area contributed by atoms with Crippen molar-refractivity contribution in [1.29, 1.82) is 0 Å². The van der Waals surface area contributed by atoms with E-state index < -0.39 is 0 Å². The van der Waals surface area contributed by atoms with Crippen LogP contribution in [0.3, 0.4) is 0 Å². The molecule has 0 amide bonds. The van der Waals surface area contributed by atoms with Crippen LogP contribution < -0.4 is 10.1 Å². The number of ether oxygens (including phenoxy) is 1. The van der Waals surface area contributed by atoms with E-state index >= 15 is 0 Å². The molecule has 0 aromatic carbocycles. The molecule has 1 aromatic rings. The third kappa shape index (κ3) is 4.12. The van der Waals surface area contributed by atoms with Crippen molar-refractivity contribution in [2.45, 2.75) is 26.4 Å². The van der Waals surface area contributed by atoms with E-state index in [0.717, 1.165) is 25.4 Å². The molecule has 3 nitrogen and oxygen atoms in total. The number of nitrogens with one attached hydrogen (secondary N) is 1. The van der Waals surface area contributed by atoms with Gasteiger partial charge in [0.2, 0.25) is 0 Å². The minimum Gasteiger partial charge on any atom is -0.496 e. The first kappa shape index (κ1) is 13.5. The van der Waals surface area contributed by atoms with Gasteiger partial charge in [-0.25, -0.2) is 0 Å². The van der Waals surface area contributed by atoms with Gasteiger partial charge in [-0.3, -0.25) is 0 Å². The van der Waals surface area contributed by atoms with Gasteiger partial charge in [0.1, 0.15) is 5.75 Å². The first-order valence-electron chi connectivity index (χ1n) is 5.66. The van der Waals surface area contributed by atoms with Crippen LogP contribution in [-0.2, 0) is 6.54 Å². The molecule has 1 rings (SSSR count). The molecule has 0 radical (unpaired) electrons. The predicted octanol–water partition coefficient (Wildman–Crippen LogP) is 2.19. The molecule has 92 valence electrons. The Balaban J connectivity index is 2.21. The number of methoxy groups -OCH3 is 1. The van der Waals surface area contributed by atoms with Crippen LogP contribution in [0.15, 0.2) is 11.4 Å². The third-order valence-electron chi connectivity index (χ3n) is 2.73. The summed E-state index contributed by atoms with van der Waals surface area (Å²) in [5.74, 6) is 0.995. The quantitative estimate of drug-likeness (QED) is 0.742. The van der Waals surface area contributed by atoms with Crippen molar-refractivity contribution in [2.75, 3.05) is 27.2 Å². The maximum Gasteiger partial charge on any atom is 0.134 e. The molecular formula is C12H22N2OS. The number of hydrogen-bond acceptors (Lipinski definition) is 4. The highest BCUT2D eigenvalue weighted by Crippen LogP contribution is 2.23. The van der Waals surface area contributed by atoms with Crippen molar-refractivity contribution in [1.82, 2.24) is 10.2 Å². The summed E-state index contributed by atoms with van der Waals surface area (Å²) in [6, 6.07) is 2.63. The Morgan fingerprint density at radius 1 is 1.50 bits per heavy atom. The van der Waals surface area contributed by atoms with Crippen LogP contribution in [-0.4, -0.2) is 38.2 Å². The summed E-state index contributed by atoms with van der Waals surface area (Å²) >= 11 is 1.74. The molecule has 1 aromatic heterocycles. The standard InChI is InChI=1S/C12H22N2OS/c1-10(2)14(3)7-6-13-9-12-11(15-4)5-8-16-12/h5,8,10,13H,6-7,9H2,1-4H3. The normalized spacial score (nSPS) is 11.4. The monoisotopic (exact) mass is 242 g/mol. The molecule has 0 unspecified atom stereocenters. The highest BCUT2D eigenvalue weighted by Gasteiger charge is 2.04. The maximum absolute atomic E-state index is 5.26. The maximum atomic E-state index is 5.26. The van der Waals surface area contributed by atoms with E-state index in [9.17, 15) is 0 Å². The minimum absolute atomic E-state index is 0.609. The molecule has 1 heterocycles. The first-order chi connectivity index (χ1) is 7.65. The van der Waals surface area contributed by atoms with Crippen LogP contribution >= 0.6 is 11.3 Å². The number of likely N-dealkylation sites (N-methyl/N-ethyl adjacent to an activating group) is 1. The molecule has 0 fully saturated rings. The Kier molecular flexibility index (Phi) is 5.80. The zero-order valence-electron chi connectivity index (χ0n) is 10.6. The zero-order chi connectivity index (χ0) is 12.0. The molecule has 0 spiro atoms. The van der Waals surface area contributed by atoms with Gasteiger partial charge in [0, 0.05) is 25.7 Å². The molecule has 4 heteroatoms. The smallest absolute Gasteiger partial charge is 0.134 e. The van der Waals surface area contributed by atoms with Crippen LogP contribution in [0.2, 0.25) is 0 Å². The van der Waals surface area contributed by atoms with Gasteiger partial charge in [-0.2, -0.15) is 0 Å². The van der Waals surface area contributed by atoms with Crippen LogP contribution in [0.25, 0.3) is 0 Å². The summed E-state index contributed by atoms with van der Waals surface area (Å²) in [5.41, 5.74) is 0. The van der Waals surface area contributed by atoms with Crippen LogP contribution in [0.4, 0.5) is 0 Å². The molecule has 0 aliphatic carbocycles. The van der Waals surface area contributed by atoms with Crippen molar-refractivity contribution in [3.05, 3.63) is 16.3 Å². The van der Waals surface area contributed by atoms with E-state index in [2.05, 4.69) is 36.5 Å². The SMILES string of the molecule is COc1ccsc1CNCCN(C)C(C)C. The van der Waals surface area contributed by atoms with Gasteiger partial charge >= 0.3 is 0 Å². The van der Waals surface area contributed by atoms with Crippen molar-refractivity contribution >= 4 is 11.3 Å². The summed E-state index contributed by atoms with van der Waals surface area (Å²) < 4.78 is 5.26. The van der Waals surface area contributed by atoms with Crippen molar-refractivity contribution in [3.8, 4) is 5.75 Å². The van der Waals surface area contributed by atoms with E-state index in [1.165, 1.54) is 4.88 Å². The van der Waals surface area contributed by atoms with Crippen LogP contribution in [0, 0.1) is 0 Å². The highest BCUT2D eigenvalue weighted by molar-refractivity contribution is 7.10. The van der Waals surface area contributed by atoms with Gasteiger partial charge in [-0.15, -0.1) is 11.3 Å². The molecule has 0 atom stereocenters. The van der Waals surface area contributed by atoms with E-state index in [0.29, 0.717) is 6.04 Å². The molecule has 0 saturated carbocycles. The Labute approximate surface area is 102 Å². The summed E-state index contributed by atoms with van der Waals surface area (Å²) in [6.07, 6.45) is 0. The molecule has 1 N–H and O–H groups in total. The van der Waals surface area contributed by atoms with Crippen molar-refractivity contribution in [2.24, 2.45) is 0 Å². The van der Waals surface area contributed by atoms with Gasteiger partial charge < -0.3 is 15.0 Å². The zero-order valence-corrected chi connectivity index (χ0v) is 11.4. The van der Waals surface area contributed by atoms with Crippen molar-refractivity contribution in [3.63, 3.8) is 0 Å². The Morgan fingerprint density at radius 2 is 2.25 bits per heavy atom. The lowest BCUT2D eigenvalue weighted by molar-refractivity contribution is 0.273. The fourth-order valence-corrected chi connectivity index (χ4v) is 2.16. The van der Waals surface area contributed by atoms with Gasteiger partial charge in [0.05, 0.1) is 12.0 Å². The van der Waals surface area contributed by atoms with Gasteiger partial charge in [0.15, 0.2) is 0 Å². The van der Waals surface area contributed by atoms with Gasteiger partial charge in [0.25, 0.3) is 0 Å². The summed E-state index contributed by atoms with van der Waals surface area (Å²) in [6.45, 7) is 7.40. The van der Waals surface area contributed by atoms with Crippen LogP contribution in [0.5, 0.6) is 5.75 Å². The largest absolute Gasteiger partial charge is 0.496 e. The Morgan fingerprint density at radius 3 is 2.88 bits per heavy atom. The van der Waals surface area contributed by atoms with Crippen molar-refractivity contribution < 1.29 is 4.74 Å². The molecule has 0 bridgehead atoms. The van der Waals surface area contributed by atoms with E-state index in [1.807, 2.05) is 6.07 Å². The Hall–Kier alpha value is -0.580. The number of hydrogen-bond donors (Lipinski definition) is 1. The lowest BCUT2D eigenvalue weighted by Crippen LogP contribution is -2.33. The lowest BCUT2D eigenvalue weighted by atomic mass is 10.3. The minimum atomic E-state index is 0.609. The molecule has 16 heavy (non-hydrogen) atoms. The summed E-state index contributed by atoms with van der Waals surface area (Å²) in [7, 11) is 3.87. The average molecular weight is 242 g/mol. The second-order valence-electron chi connectivity index (χ2n) is 4.16. The second kappa shape index (κ2) is 6.89. The first-order valence-corrected chi connectivity index (χ1v) is 6.54. The summed E-state index contributed by atoms with van der Waals surface area (Å²) in [5, 5.41) is 5.50. The third-order valence-corrected chi connectivity index (χ3v) is 3.64. The second-order valence-corrected chi connectivity index (χ2v) is 5.16. The van der Waals surface area contributed by atoms with Gasteiger partial charge in [-0.1, -0.05) is 0 Å². The highest BCUT2D eigenvalue weighted by atomic mass is 32.1. The fraction of sp³-hybridized carbons (Fsp3) is 0.667. The topological polar surface area (TPSA) is 24.5 Å². The van der Waals surface area contributed by atoms with Gasteiger partial charge in [-0.05, 0) is 32.3 Å². The molecule has 0 saturated heterocycles. The van der Waals surface area contributed by atoms with Crippen LogP contribution in [0.1, 0.15) is 18.7 Å². The predicted molar refractivity (Wildman–Crippen MR) is 70.3 cm³/mol.